The van der Waals surface area contributed by atoms with Crippen LogP contribution in [0.4, 0.5) is 0 Å². The fraction of sp³-hybridized carbons (Fsp3) is 1.00. The van der Waals surface area contributed by atoms with Gasteiger partial charge < -0.3 is 9.31 Å². The molecule has 1 aliphatic carbocycles. The lowest BCUT2D eigenvalue weighted by atomic mass is 9.95. The van der Waals surface area contributed by atoms with E-state index >= 15 is 0 Å². The molecule has 2 aliphatic rings. The van der Waals surface area contributed by atoms with E-state index in [0.29, 0.717) is 0 Å². The van der Waals surface area contributed by atoms with E-state index in [9.17, 15) is 0 Å². The Morgan fingerprint density at radius 1 is 1.10 bits per heavy atom. The van der Waals surface area contributed by atoms with Gasteiger partial charge in [0.15, 0.2) is 0 Å². The Kier molecular flexibility index (Phi) is 1.89. The lowest BCUT2D eigenvalue weighted by Gasteiger charge is -2.22. The van der Waals surface area contributed by atoms with Crippen LogP contribution in [0.1, 0.15) is 25.7 Å². The van der Waals surface area contributed by atoms with Crippen LogP contribution in [-0.4, -0.2) is 18.7 Å². The Morgan fingerprint density at radius 3 is 2.10 bits per heavy atom. The second kappa shape index (κ2) is 2.72. The zero-order valence-corrected chi connectivity index (χ0v) is 6.51. The second-order valence-corrected chi connectivity index (χ2v) is 3.26. The van der Waals surface area contributed by atoms with Crippen molar-refractivity contribution < 1.29 is 9.31 Å². The van der Waals surface area contributed by atoms with Gasteiger partial charge in [-0.05, 0) is 12.8 Å². The third-order valence-corrected chi connectivity index (χ3v) is 2.41. The van der Waals surface area contributed by atoms with Crippen molar-refractivity contribution in [2.75, 3.05) is 0 Å². The molecule has 56 valence electrons. The van der Waals surface area contributed by atoms with Crippen LogP contribution in [-0.2, 0) is 9.31 Å². The predicted molar refractivity (Wildman–Crippen MR) is 39.8 cm³/mol. The first-order valence-electron chi connectivity index (χ1n) is 3.81. The summed E-state index contributed by atoms with van der Waals surface area (Å²) in [6, 6.07) is 0. The van der Waals surface area contributed by atoms with Crippen LogP contribution in [0, 0.1) is 0 Å². The number of hydrogen-bond donors (Lipinski definition) is 0. The molecule has 0 aromatic rings. The molecule has 0 N–H and O–H groups in total. The third-order valence-electron chi connectivity index (χ3n) is 2.21. The lowest BCUT2D eigenvalue weighted by Crippen LogP contribution is -2.25. The zero-order valence-electron chi connectivity index (χ0n) is 5.75. The van der Waals surface area contributed by atoms with Gasteiger partial charge in [0.1, 0.15) is 0 Å². The highest BCUT2D eigenvalue weighted by molar-refractivity contribution is 6.99. The summed E-state index contributed by atoms with van der Waals surface area (Å²) in [6.45, 7) is -0.479. The van der Waals surface area contributed by atoms with Gasteiger partial charge in [-0.3, -0.25) is 0 Å². The molecule has 4 heteroatoms. The van der Waals surface area contributed by atoms with Crippen molar-refractivity contribution in [3.8, 4) is 0 Å². The summed E-state index contributed by atoms with van der Waals surface area (Å²) in [7, 11) is 0. The van der Waals surface area contributed by atoms with Crippen molar-refractivity contribution in [2.45, 2.75) is 37.9 Å². The van der Waals surface area contributed by atoms with Gasteiger partial charge in [-0.2, -0.15) is 0 Å². The minimum Gasteiger partial charge on any atom is -0.392 e. The van der Waals surface area contributed by atoms with Gasteiger partial charge in [0.25, 0.3) is 0 Å². The van der Waals surface area contributed by atoms with Crippen LogP contribution in [0.3, 0.4) is 0 Å². The SMILES string of the molecule is ClB1OC2CCCCC2O1. The summed E-state index contributed by atoms with van der Waals surface area (Å²) < 4.78 is 10.6. The standard InChI is InChI=1S/C6H10BClO2/c8-7-9-5-3-1-2-4-6(5)10-7/h5-6H,1-4H2. The van der Waals surface area contributed by atoms with Crippen LogP contribution >= 0.6 is 11.5 Å². The van der Waals surface area contributed by atoms with Crippen LogP contribution < -0.4 is 0 Å². The molecule has 10 heavy (non-hydrogen) atoms. The third kappa shape index (κ3) is 1.18. The first-order valence-corrected chi connectivity index (χ1v) is 4.25. The number of fused-ring (bicyclic) bond motifs is 1. The lowest BCUT2D eigenvalue weighted by molar-refractivity contribution is 0.110. The Bertz CT molecular complexity index is 119. The maximum Gasteiger partial charge on any atom is 0.572 e. The van der Waals surface area contributed by atoms with Crippen LogP contribution in [0.5, 0.6) is 0 Å². The molecule has 0 aromatic carbocycles. The molecule has 1 saturated heterocycles. The first kappa shape index (κ1) is 6.95. The fourth-order valence-corrected chi connectivity index (χ4v) is 1.95. The molecule has 2 rings (SSSR count). The van der Waals surface area contributed by atoms with E-state index in [-0.39, 0.29) is 12.2 Å². The van der Waals surface area contributed by atoms with Crippen molar-refractivity contribution in [2.24, 2.45) is 0 Å². The summed E-state index contributed by atoms with van der Waals surface area (Å²) in [6.07, 6.45) is 5.33. The summed E-state index contributed by atoms with van der Waals surface area (Å²) >= 11 is 5.64. The van der Waals surface area contributed by atoms with Crippen molar-refractivity contribution in [3.63, 3.8) is 0 Å². The largest absolute Gasteiger partial charge is 0.572 e. The molecule has 1 heterocycles. The molecule has 2 atom stereocenters. The zero-order chi connectivity index (χ0) is 6.97. The summed E-state index contributed by atoms with van der Waals surface area (Å²) in [5, 5.41) is 0. The maximum absolute atomic E-state index is 5.64. The van der Waals surface area contributed by atoms with Gasteiger partial charge in [0.2, 0.25) is 0 Å². The van der Waals surface area contributed by atoms with E-state index in [0.717, 1.165) is 12.8 Å². The molecule has 0 spiro atoms. The van der Waals surface area contributed by atoms with Gasteiger partial charge in [-0.15, -0.1) is 11.5 Å². The van der Waals surface area contributed by atoms with Crippen molar-refractivity contribution in [3.05, 3.63) is 0 Å². The van der Waals surface area contributed by atoms with E-state index in [2.05, 4.69) is 0 Å². The summed E-state index contributed by atoms with van der Waals surface area (Å²) in [5.41, 5.74) is 0. The van der Waals surface area contributed by atoms with E-state index in [4.69, 9.17) is 20.8 Å². The fourth-order valence-electron chi connectivity index (χ4n) is 1.68. The number of hydrogen-bond acceptors (Lipinski definition) is 2. The highest BCUT2D eigenvalue weighted by Crippen LogP contribution is 2.30. The van der Waals surface area contributed by atoms with E-state index in [1.165, 1.54) is 12.8 Å². The monoisotopic (exact) mass is 160 g/mol. The van der Waals surface area contributed by atoms with Gasteiger partial charge in [-0.1, -0.05) is 12.8 Å². The Hall–Kier alpha value is 0.275. The normalized spacial score (nSPS) is 39.9. The molecular weight excluding hydrogens is 150 g/mol. The van der Waals surface area contributed by atoms with E-state index in [1.807, 2.05) is 0 Å². The number of halogens is 1. The predicted octanol–water partition coefficient (Wildman–Crippen LogP) is 1.57. The second-order valence-electron chi connectivity index (χ2n) is 2.91. The molecule has 2 fully saturated rings. The van der Waals surface area contributed by atoms with E-state index in [1.54, 1.807) is 0 Å². The average molecular weight is 160 g/mol. The smallest absolute Gasteiger partial charge is 0.392 e. The van der Waals surface area contributed by atoms with E-state index < -0.39 is 6.53 Å². The quantitative estimate of drug-likeness (QED) is 0.501. The topological polar surface area (TPSA) is 18.5 Å². The molecule has 2 nitrogen and oxygen atoms in total. The number of rotatable bonds is 0. The van der Waals surface area contributed by atoms with Gasteiger partial charge in [0, 0.05) is 0 Å². The molecule has 1 aliphatic heterocycles. The highest BCUT2D eigenvalue weighted by Gasteiger charge is 2.39. The Balaban J connectivity index is 1.97. The summed E-state index contributed by atoms with van der Waals surface area (Å²) in [5.74, 6) is 0. The molecule has 0 amide bonds. The van der Waals surface area contributed by atoms with Gasteiger partial charge >= 0.3 is 6.53 Å². The van der Waals surface area contributed by atoms with Crippen LogP contribution in [0.15, 0.2) is 0 Å². The molecule has 2 unspecified atom stereocenters. The minimum atomic E-state index is -0.479. The molecule has 0 radical (unpaired) electrons. The van der Waals surface area contributed by atoms with Crippen LogP contribution in [0.2, 0.25) is 0 Å². The molecular formula is C6H10BClO2. The highest BCUT2D eigenvalue weighted by atomic mass is 35.5. The molecule has 0 bridgehead atoms. The first-order chi connectivity index (χ1) is 4.86. The minimum absolute atomic E-state index is 0.288. The van der Waals surface area contributed by atoms with Gasteiger partial charge in [0.05, 0.1) is 12.2 Å². The van der Waals surface area contributed by atoms with Gasteiger partial charge in [-0.25, -0.2) is 0 Å². The maximum atomic E-state index is 5.64. The van der Waals surface area contributed by atoms with Crippen molar-refractivity contribution >= 4 is 18.0 Å². The van der Waals surface area contributed by atoms with Crippen LogP contribution in [0.25, 0.3) is 0 Å². The molecule has 0 aromatic heterocycles. The average Bonchev–Trinajstić information content (AvgIpc) is 2.27. The Morgan fingerprint density at radius 2 is 1.60 bits per heavy atom. The summed E-state index contributed by atoms with van der Waals surface area (Å²) in [4.78, 5) is 0. The Labute approximate surface area is 65.9 Å². The molecule has 1 saturated carbocycles. The van der Waals surface area contributed by atoms with Crippen molar-refractivity contribution in [1.29, 1.82) is 0 Å². The van der Waals surface area contributed by atoms with Crippen molar-refractivity contribution in [1.82, 2.24) is 0 Å².